The number of carbonyl (C=O) groups is 3. The molecule has 0 aliphatic carbocycles. The number of rotatable bonds is 0. The number of nitrogens with one attached hydrogen (secondary N) is 3. The molecule has 1 fully saturated rings. The van der Waals surface area contributed by atoms with Crippen LogP contribution in [0.3, 0.4) is 0 Å². The monoisotopic (exact) mass is 196 g/mol. The Hall–Kier alpha value is -1.92. The van der Waals surface area contributed by atoms with Crippen LogP contribution in [0.2, 0.25) is 0 Å². The summed E-state index contributed by atoms with van der Waals surface area (Å²) in [4.78, 5) is 37.2. The lowest BCUT2D eigenvalue weighted by molar-refractivity contribution is -0.127. The summed E-state index contributed by atoms with van der Waals surface area (Å²) in [6.45, 7) is 1.52. The summed E-state index contributed by atoms with van der Waals surface area (Å²) in [6, 6.07) is -1.40. The molecule has 0 spiro atoms. The molecule has 2 unspecified atom stereocenters. The van der Waals surface area contributed by atoms with Gasteiger partial charge in [-0.25, -0.2) is 4.79 Å². The summed E-state index contributed by atoms with van der Waals surface area (Å²) in [6.07, 6.45) is -0.686. The van der Waals surface area contributed by atoms with Crippen LogP contribution in [0.25, 0.3) is 0 Å². The molecule has 74 valence electrons. The molecule has 2 rings (SSSR count). The topological polar surface area (TPSA) is 99.7 Å². The van der Waals surface area contributed by atoms with E-state index in [2.05, 4.69) is 15.6 Å². The highest BCUT2D eigenvalue weighted by Gasteiger charge is 2.39. The zero-order valence-corrected chi connectivity index (χ0v) is 7.33. The molecule has 7 nitrogen and oxygen atoms in total. The van der Waals surface area contributed by atoms with Crippen LogP contribution in [0.1, 0.15) is 6.92 Å². The van der Waals surface area contributed by atoms with Gasteiger partial charge < -0.3 is 10.6 Å². The van der Waals surface area contributed by atoms with E-state index in [1.165, 1.54) is 6.92 Å². The van der Waals surface area contributed by atoms with Gasteiger partial charge in [-0.2, -0.15) is 0 Å². The van der Waals surface area contributed by atoms with Crippen LogP contribution in [0.15, 0.2) is 4.99 Å². The smallest absolute Gasteiger partial charge is 0.323 e. The number of aliphatic imine (C=N–C) groups is 1. The van der Waals surface area contributed by atoms with Gasteiger partial charge in [0.25, 0.3) is 11.8 Å². The summed E-state index contributed by atoms with van der Waals surface area (Å²) < 4.78 is 0. The average Bonchev–Trinajstić information content (AvgIpc) is 2.08. The Morgan fingerprint density at radius 3 is 2.64 bits per heavy atom. The molecule has 0 bridgehead atoms. The molecule has 0 aromatic heterocycles. The first kappa shape index (κ1) is 8.67. The number of fused-ring (bicyclic) bond motifs is 1. The Kier molecular flexibility index (Phi) is 1.73. The highest BCUT2D eigenvalue weighted by molar-refractivity contribution is 6.39. The quantitative estimate of drug-likeness (QED) is 0.422. The van der Waals surface area contributed by atoms with Crippen LogP contribution in [0.4, 0.5) is 4.79 Å². The van der Waals surface area contributed by atoms with Crippen molar-refractivity contribution in [3.05, 3.63) is 0 Å². The summed E-state index contributed by atoms with van der Waals surface area (Å²) in [5, 5.41) is 6.91. The number of urea groups is 1. The number of hydrogen-bond donors (Lipinski definition) is 3. The fourth-order valence-electron chi connectivity index (χ4n) is 1.35. The van der Waals surface area contributed by atoms with Crippen LogP contribution in [0, 0.1) is 0 Å². The van der Waals surface area contributed by atoms with Crippen LogP contribution in [0.5, 0.6) is 0 Å². The Bertz CT molecular complexity index is 362. The van der Waals surface area contributed by atoms with Gasteiger partial charge in [0.1, 0.15) is 6.04 Å². The molecule has 14 heavy (non-hydrogen) atoms. The molecule has 1 saturated heterocycles. The zero-order valence-electron chi connectivity index (χ0n) is 7.33. The molecule has 3 N–H and O–H groups in total. The second-order valence-electron chi connectivity index (χ2n) is 3.07. The first-order valence-corrected chi connectivity index (χ1v) is 4.04. The normalized spacial score (nSPS) is 30.9. The highest BCUT2D eigenvalue weighted by atomic mass is 16.2. The third-order valence-corrected chi connectivity index (χ3v) is 2.06. The number of amides is 4. The van der Waals surface area contributed by atoms with Gasteiger partial charge in [-0.1, -0.05) is 0 Å². The van der Waals surface area contributed by atoms with Crippen LogP contribution >= 0.6 is 0 Å². The lowest BCUT2D eigenvalue weighted by Crippen LogP contribution is -2.68. The summed E-state index contributed by atoms with van der Waals surface area (Å²) >= 11 is 0. The lowest BCUT2D eigenvalue weighted by Gasteiger charge is -2.32. The summed E-state index contributed by atoms with van der Waals surface area (Å²) in [5.41, 5.74) is 0.251. The van der Waals surface area contributed by atoms with E-state index in [-0.39, 0.29) is 5.71 Å². The molecule has 2 aliphatic rings. The van der Waals surface area contributed by atoms with Gasteiger partial charge in [0.15, 0.2) is 6.17 Å². The standard InChI is InChI=1S/C7H8N4O3/c1-2-5(12)9-3-4(8-2)10-7(14)11-6(3)13/h3-4H,1H3,(H,9,12)(H2,10,11,13,14). The molecule has 7 heteroatoms. The van der Waals surface area contributed by atoms with Crippen molar-refractivity contribution in [3.63, 3.8) is 0 Å². The van der Waals surface area contributed by atoms with E-state index in [4.69, 9.17) is 0 Å². The molecular weight excluding hydrogens is 188 g/mol. The van der Waals surface area contributed by atoms with Gasteiger partial charge in [0.2, 0.25) is 0 Å². The first-order chi connectivity index (χ1) is 6.58. The van der Waals surface area contributed by atoms with Crippen molar-refractivity contribution in [2.45, 2.75) is 19.1 Å². The van der Waals surface area contributed by atoms with Crippen LogP contribution in [-0.4, -0.2) is 35.8 Å². The molecular formula is C7H8N4O3. The third kappa shape index (κ3) is 1.22. The maximum Gasteiger partial charge on any atom is 0.323 e. The van der Waals surface area contributed by atoms with Crippen molar-refractivity contribution in [3.8, 4) is 0 Å². The first-order valence-electron chi connectivity index (χ1n) is 4.04. The van der Waals surface area contributed by atoms with Crippen molar-refractivity contribution >= 4 is 23.6 Å². The predicted molar refractivity (Wildman–Crippen MR) is 45.5 cm³/mol. The second kappa shape index (κ2) is 2.79. The Labute approximate surface area is 78.9 Å². The molecule has 0 aromatic carbocycles. The van der Waals surface area contributed by atoms with Gasteiger partial charge >= 0.3 is 6.03 Å². The third-order valence-electron chi connectivity index (χ3n) is 2.06. The maximum absolute atomic E-state index is 11.2. The van der Waals surface area contributed by atoms with E-state index >= 15 is 0 Å². The number of imide groups is 1. The average molecular weight is 196 g/mol. The van der Waals surface area contributed by atoms with E-state index < -0.39 is 30.1 Å². The van der Waals surface area contributed by atoms with Crippen molar-refractivity contribution in [1.29, 1.82) is 0 Å². The van der Waals surface area contributed by atoms with E-state index in [0.717, 1.165) is 0 Å². The Balaban J connectivity index is 2.30. The molecule has 0 saturated carbocycles. The van der Waals surface area contributed by atoms with Crippen molar-refractivity contribution in [2.75, 3.05) is 0 Å². The number of carbonyl (C=O) groups excluding carboxylic acids is 3. The van der Waals surface area contributed by atoms with Crippen molar-refractivity contribution in [1.82, 2.24) is 16.0 Å². The minimum atomic E-state index is -0.802. The van der Waals surface area contributed by atoms with Gasteiger partial charge in [-0.05, 0) is 6.92 Å². The number of hydrogen-bond acceptors (Lipinski definition) is 4. The van der Waals surface area contributed by atoms with Gasteiger partial charge in [-0.15, -0.1) is 0 Å². The fourth-order valence-corrected chi connectivity index (χ4v) is 1.35. The maximum atomic E-state index is 11.2. The minimum absolute atomic E-state index is 0.251. The fraction of sp³-hybridized carbons (Fsp3) is 0.429. The summed E-state index contributed by atoms with van der Waals surface area (Å²) in [7, 11) is 0. The van der Waals surface area contributed by atoms with Crippen molar-refractivity contribution < 1.29 is 14.4 Å². The van der Waals surface area contributed by atoms with E-state index in [0.29, 0.717) is 0 Å². The van der Waals surface area contributed by atoms with Gasteiger partial charge in [0, 0.05) is 0 Å². The second-order valence-corrected chi connectivity index (χ2v) is 3.07. The lowest BCUT2D eigenvalue weighted by atomic mass is 10.1. The van der Waals surface area contributed by atoms with Crippen LogP contribution in [-0.2, 0) is 9.59 Å². The van der Waals surface area contributed by atoms with Gasteiger partial charge in [0.05, 0.1) is 5.71 Å². The van der Waals surface area contributed by atoms with Crippen LogP contribution < -0.4 is 16.0 Å². The molecule has 0 radical (unpaired) electrons. The largest absolute Gasteiger partial charge is 0.336 e. The molecule has 2 heterocycles. The zero-order chi connectivity index (χ0) is 10.3. The number of nitrogens with zero attached hydrogens (tertiary/aromatic N) is 1. The Morgan fingerprint density at radius 2 is 1.93 bits per heavy atom. The van der Waals surface area contributed by atoms with E-state index in [1.807, 2.05) is 5.32 Å². The SMILES string of the molecule is CC1=NC2NC(=O)NC(=O)C2NC1=O. The minimum Gasteiger partial charge on any atom is -0.336 e. The van der Waals surface area contributed by atoms with E-state index in [9.17, 15) is 14.4 Å². The van der Waals surface area contributed by atoms with Gasteiger partial charge in [-0.3, -0.25) is 19.9 Å². The molecule has 2 atom stereocenters. The predicted octanol–water partition coefficient (Wildman–Crippen LogP) is -1.89. The van der Waals surface area contributed by atoms with E-state index in [1.54, 1.807) is 0 Å². The Morgan fingerprint density at radius 1 is 1.21 bits per heavy atom. The molecule has 2 aliphatic heterocycles. The summed E-state index contributed by atoms with van der Waals surface area (Å²) in [5.74, 6) is -0.930. The molecule has 4 amide bonds. The van der Waals surface area contributed by atoms with Crippen molar-refractivity contribution in [2.24, 2.45) is 4.99 Å². The molecule has 0 aromatic rings. The highest BCUT2D eigenvalue weighted by Crippen LogP contribution is 2.06.